The zero-order valence-corrected chi connectivity index (χ0v) is 19.7. The molecule has 1 aromatic heterocycles. The first-order chi connectivity index (χ1) is 15.7. The highest BCUT2D eigenvalue weighted by Crippen LogP contribution is 2.24. The summed E-state index contributed by atoms with van der Waals surface area (Å²) in [5.74, 6) is 0.0700. The van der Waals surface area contributed by atoms with Crippen molar-refractivity contribution in [2.45, 2.75) is 84.5 Å². The second-order valence-corrected chi connectivity index (χ2v) is 8.76. The molecular formula is C29H37FN2. The summed E-state index contributed by atoms with van der Waals surface area (Å²) < 4.78 is 14.5. The van der Waals surface area contributed by atoms with Crippen LogP contribution >= 0.6 is 0 Å². The van der Waals surface area contributed by atoms with Crippen LogP contribution in [0.15, 0.2) is 54.7 Å². The van der Waals surface area contributed by atoms with Gasteiger partial charge in [-0.3, -0.25) is 0 Å². The first-order valence-corrected chi connectivity index (χ1v) is 12.4. The minimum absolute atomic E-state index is 0.381. The third-order valence-corrected chi connectivity index (χ3v) is 6.08. The fourth-order valence-electron chi connectivity index (χ4n) is 4.11. The third kappa shape index (κ3) is 7.25. The van der Waals surface area contributed by atoms with Crippen LogP contribution in [0.4, 0.5) is 4.39 Å². The van der Waals surface area contributed by atoms with Crippen LogP contribution in [0.1, 0.15) is 82.8 Å². The van der Waals surface area contributed by atoms with Crippen molar-refractivity contribution < 1.29 is 4.39 Å². The Kier molecular flexibility index (Phi) is 9.87. The second kappa shape index (κ2) is 13.1. The molecule has 0 aliphatic carbocycles. The van der Waals surface area contributed by atoms with E-state index in [0.717, 1.165) is 36.8 Å². The third-order valence-electron chi connectivity index (χ3n) is 6.08. The molecule has 0 atom stereocenters. The smallest absolute Gasteiger partial charge is 0.219 e. The highest BCUT2D eigenvalue weighted by atomic mass is 19.1. The molecule has 0 spiro atoms. The quantitative estimate of drug-likeness (QED) is 0.200. The van der Waals surface area contributed by atoms with Crippen LogP contribution in [0, 0.1) is 5.95 Å². The van der Waals surface area contributed by atoms with Crippen LogP contribution in [0.25, 0.3) is 22.5 Å². The van der Waals surface area contributed by atoms with Crippen molar-refractivity contribution in [3.05, 3.63) is 71.8 Å². The molecule has 3 rings (SSSR count). The predicted octanol–water partition coefficient (Wildman–Crippen LogP) is 8.59. The maximum absolute atomic E-state index is 14.5. The Morgan fingerprint density at radius 1 is 0.625 bits per heavy atom. The van der Waals surface area contributed by atoms with Gasteiger partial charge in [-0.25, -0.2) is 4.98 Å². The van der Waals surface area contributed by atoms with Gasteiger partial charge >= 0.3 is 0 Å². The minimum Gasteiger partial charge on any atom is -0.236 e. The number of nitrogens with zero attached hydrogens (tertiary/aromatic N) is 2. The van der Waals surface area contributed by atoms with E-state index in [2.05, 4.69) is 60.2 Å². The summed E-state index contributed by atoms with van der Waals surface area (Å²) in [4.78, 5) is 8.59. The van der Waals surface area contributed by atoms with Crippen LogP contribution in [0.5, 0.6) is 0 Å². The molecule has 0 aliphatic rings. The number of rotatable bonds is 13. The molecule has 3 heteroatoms. The van der Waals surface area contributed by atoms with E-state index in [0.29, 0.717) is 17.8 Å². The Bertz CT molecular complexity index is 932. The van der Waals surface area contributed by atoms with E-state index >= 15 is 0 Å². The van der Waals surface area contributed by atoms with E-state index in [-0.39, 0.29) is 5.95 Å². The number of unbranched alkanes of at least 4 members (excludes halogenated alkanes) is 7. The second-order valence-electron chi connectivity index (χ2n) is 8.76. The number of hydrogen-bond acceptors (Lipinski definition) is 2. The summed E-state index contributed by atoms with van der Waals surface area (Å²) in [5.41, 5.74) is 5.16. The molecule has 0 aliphatic heterocycles. The lowest BCUT2D eigenvalue weighted by Crippen LogP contribution is -1.99. The molecule has 0 saturated heterocycles. The van der Waals surface area contributed by atoms with Gasteiger partial charge in [0.2, 0.25) is 5.95 Å². The van der Waals surface area contributed by atoms with Crippen molar-refractivity contribution >= 4 is 0 Å². The number of hydrogen-bond donors (Lipinski definition) is 0. The van der Waals surface area contributed by atoms with Gasteiger partial charge in [0.15, 0.2) is 5.82 Å². The van der Waals surface area contributed by atoms with Gasteiger partial charge in [0.05, 0.1) is 0 Å². The zero-order valence-electron chi connectivity index (χ0n) is 19.7. The highest BCUT2D eigenvalue weighted by molar-refractivity contribution is 5.67. The SMILES string of the molecule is CCCCCCCCCCc1cnc(-c2ccc(-c3ccc(CCC)cc3)cc2)nc1F. The van der Waals surface area contributed by atoms with Gasteiger partial charge in [0.25, 0.3) is 0 Å². The molecule has 2 nitrogen and oxygen atoms in total. The predicted molar refractivity (Wildman–Crippen MR) is 133 cm³/mol. The molecule has 0 unspecified atom stereocenters. The van der Waals surface area contributed by atoms with Gasteiger partial charge in [0.1, 0.15) is 0 Å². The molecule has 1 heterocycles. The van der Waals surface area contributed by atoms with Gasteiger partial charge in [-0.05, 0) is 36.0 Å². The molecule has 0 radical (unpaired) electrons. The molecule has 0 saturated carbocycles. The van der Waals surface area contributed by atoms with E-state index < -0.39 is 0 Å². The molecule has 170 valence electrons. The van der Waals surface area contributed by atoms with E-state index in [1.165, 1.54) is 49.7 Å². The molecule has 3 aromatic rings. The topological polar surface area (TPSA) is 25.8 Å². The molecule has 0 fully saturated rings. The lowest BCUT2D eigenvalue weighted by atomic mass is 10.0. The van der Waals surface area contributed by atoms with Gasteiger partial charge < -0.3 is 0 Å². The summed E-state index contributed by atoms with van der Waals surface area (Å²) >= 11 is 0. The van der Waals surface area contributed by atoms with Crippen LogP contribution in [0.3, 0.4) is 0 Å². The van der Waals surface area contributed by atoms with E-state index in [1.54, 1.807) is 6.20 Å². The Morgan fingerprint density at radius 3 is 1.78 bits per heavy atom. The standard InChI is InChI=1S/C29H37FN2/c1-3-5-6-7-8-9-10-11-13-27-22-31-29(32-28(27)30)26-20-18-25(19-21-26)24-16-14-23(12-4-2)15-17-24/h14-22H,3-13H2,1-2H3. The maximum atomic E-state index is 14.5. The lowest BCUT2D eigenvalue weighted by Gasteiger charge is -2.07. The van der Waals surface area contributed by atoms with Crippen molar-refractivity contribution in [1.29, 1.82) is 0 Å². The van der Waals surface area contributed by atoms with Crippen LogP contribution in [-0.4, -0.2) is 9.97 Å². The normalized spacial score (nSPS) is 11.1. The molecule has 0 N–H and O–H groups in total. The van der Waals surface area contributed by atoms with Crippen LogP contribution in [-0.2, 0) is 12.8 Å². The molecular weight excluding hydrogens is 395 g/mol. The van der Waals surface area contributed by atoms with E-state index in [1.807, 2.05) is 12.1 Å². The average molecular weight is 433 g/mol. The Balaban J connectivity index is 1.53. The van der Waals surface area contributed by atoms with E-state index in [4.69, 9.17) is 0 Å². The number of aromatic nitrogens is 2. The first kappa shape index (κ1) is 24.1. The van der Waals surface area contributed by atoms with Crippen molar-refractivity contribution in [3.8, 4) is 22.5 Å². The summed E-state index contributed by atoms with van der Waals surface area (Å²) in [5, 5.41) is 0. The van der Waals surface area contributed by atoms with Crippen molar-refractivity contribution in [3.63, 3.8) is 0 Å². The highest BCUT2D eigenvalue weighted by Gasteiger charge is 2.09. The number of aryl methyl sites for hydroxylation is 2. The summed E-state index contributed by atoms with van der Waals surface area (Å²) in [6, 6.07) is 16.8. The molecule has 0 amide bonds. The fraction of sp³-hybridized carbons (Fsp3) is 0.448. The minimum atomic E-state index is -0.381. The van der Waals surface area contributed by atoms with Crippen LogP contribution < -0.4 is 0 Å². The Morgan fingerprint density at radius 2 is 1.19 bits per heavy atom. The van der Waals surface area contributed by atoms with Crippen molar-refractivity contribution in [2.24, 2.45) is 0 Å². The van der Waals surface area contributed by atoms with Gasteiger partial charge in [-0.2, -0.15) is 9.37 Å². The van der Waals surface area contributed by atoms with Crippen LogP contribution in [0.2, 0.25) is 0 Å². The summed E-state index contributed by atoms with van der Waals surface area (Å²) in [7, 11) is 0. The monoisotopic (exact) mass is 432 g/mol. The Labute approximate surface area is 193 Å². The van der Waals surface area contributed by atoms with Crippen molar-refractivity contribution in [1.82, 2.24) is 9.97 Å². The van der Waals surface area contributed by atoms with Crippen molar-refractivity contribution in [2.75, 3.05) is 0 Å². The fourth-order valence-corrected chi connectivity index (χ4v) is 4.11. The number of halogens is 1. The zero-order chi connectivity index (χ0) is 22.6. The maximum Gasteiger partial charge on any atom is 0.219 e. The van der Waals surface area contributed by atoms with Gasteiger partial charge in [0, 0.05) is 17.3 Å². The first-order valence-electron chi connectivity index (χ1n) is 12.4. The lowest BCUT2D eigenvalue weighted by molar-refractivity contribution is 0.544. The summed E-state index contributed by atoms with van der Waals surface area (Å²) in [6.45, 7) is 4.44. The Hall–Kier alpha value is -2.55. The molecule has 32 heavy (non-hydrogen) atoms. The number of benzene rings is 2. The molecule has 0 bridgehead atoms. The largest absolute Gasteiger partial charge is 0.236 e. The van der Waals surface area contributed by atoms with Gasteiger partial charge in [-0.15, -0.1) is 0 Å². The van der Waals surface area contributed by atoms with Gasteiger partial charge in [-0.1, -0.05) is 114 Å². The van der Waals surface area contributed by atoms with E-state index in [9.17, 15) is 4.39 Å². The summed E-state index contributed by atoms with van der Waals surface area (Å²) in [6.07, 6.45) is 14.6. The molecule has 2 aromatic carbocycles. The average Bonchev–Trinajstić information content (AvgIpc) is 2.82.